The summed E-state index contributed by atoms with van der Waals surface area (Å²) in [5.41, 5.74) is -0.727. The van der Waals surface area contributed by atoms with Crippen molar-refractivity contribution in [3.8, 4) is 0 Å². The molecule has 0 aromatic heterocycles. The van der Waals surface area contributed by atoms with Gasteiger partial charge < -0.3 is 19.8 Å². The molecule has 0 radical (unpaired) electrons. The van der Waals surface area contributed by atoms with Crippen molar-refractivity contribution in [2.45, 2.75) is 0 Å². The molecule has 0 saturated carbocycles. The van der Waals surface area contributed by atoms with Crippen LogP contribution < -0.4 is 113 Å². The predicted molar refractivity (Wildman–Crippen MR) is 35.1 cm³/mol. The predicted octanol–water partition coefficient (Wildman–Crippen LogP) is -7.58. The molecule has 0 fully saturated rings. The van der Waals surface area contributed by atoms with E-state index in [9.17, 15) is 19.8 Å². The number of benzene rings is 1. The van der Waals surface area contributed by atoms with Crippen molar-refractivity contribution in [1.29, 1.82) is 0 Å². The Morgan fingerprint density at radius 1 is 0.857 bits per heavy atom. The molecule has 0 unspecified atom stereocenters. The average molecular weight is 242 g/mol. The summed E-state index contributed by atoms with van der Waals surface area (Å²) in [5.74, 6) is -3.04. The van der Waals surface area contributed by atoms with Crippen LogP contribution in [0.4, 0.5) is 0 Å². The summed E-state index contributed by atoms with van der Waals surface area (Å²) in [6.07, 6.45) is 0. The topological polar surface area (TPSA) is 80.3 Å². The van der Waals surface area contributed by atoms with Crippen LogP contribution in [0.2, 0.25) is 0 Å². The molecule has 6 heteroatoms. The van der Waals surface area contributed by atoms with Gasteiger partial charge in [-0.2, -0.15) is 0 Å². The summed E-state index contributed by atoms with van der Waals surface area (Å²) in [6.45, 7) is 0. The second-order valence-electron chi connectivity index (χ2n) is 2.12. The van der Waals surface area contributed by atoms with Gasteiger partial charge >= 0.3 is 103 Å². The first-order chi connectivity index (χ1) is 5.63. The first kappa shape index (κ1) is 17.8. The van der Waals surface area contributed by atoms with Crippen LogP contribution in [0.15, 0.2) is 24.3 Å². The van der Waals surface area contributed by atoms with Gasteiger partial charge in [-0.05, 0) is 0 Å². The van der Waals surface area contributed by atoms with E-state index in [1.807, 2.05) is 0 Å². The van der Waals surface area contributed by atoms with Gasteiger partial charge in [0.25, 0.3) is 0 Å². The van der Waals surface area contributed by atoms with Gasteiger partial charge in [-0.1, -0.05) is 24.3 Å². The van der Waals surface area contributed by atoms with Crippen LogP contribution in [-0.2, 0) is 0 Å². The Morgan fingerprint density at radius 2 is 1.14 bits per heavy atom. The molecule has 4 nitrogen and oxygen atoms in total. The van der Waals surface area contributed by atoms with Crippen LogP contribution in [0, 0.1) is 0 Å². The summed E-state index contributed by atoms with van der Waals surface area (Å²) in [5, 5.41) is 20.6. The molecule has 0 aliphatic heterocycles. The van der Waals surface area contributed by atoms with Crippen LogP contribution in [-0.4, -0.2) is 11.9 Å². The number of carboxylic acid groups (broad SMARTS) is 2. The standard InChI is InChI=1S/C8H6O4.2K/c9-7(10)5-3-1-2-4-6(5)8(11)12;;/h1-4H,(H,9,10)(H,11,12);;/q;2*+1/p-2. The van der Waals surface area contributed by atoms with Crippen LogP contribution in [0.25, 0.3) is 0 Å². The number of carbonyl (C=O) groups is 2. The smallest absolute Gasteiger partial charge is 0.545 e. The molecule has 0 aliphatic carbocycles. The molecule has 0 bridgehead atoms. The van der Waals surface area contributed by atoms with Crippen molar-refractivity contribution >= 4 is 11.9 Å². The molecule has 0 heterocycles. The van der Waals surface area contributed by atoms with Crippen LogP contribution in [0.3, 0.4) is 0 Å². The fourth-order valence-corrected chi connectivity index (χ4v) is 0.839. The Morgan fingerprint density at radius 3 is 1.36 bits per heavy atom. The van der Waals surface area contributed by atoms with E-state index in [0.29, 0.717) is 0 Å². The minimum Gasteiger partial charge on any atom is -0.545 e. The van der Waals surface area contributed by atoms with Crippen LogP contribution in [0.5, 0.6) is 0 Å². The molecular weight excluding hydrogens is 238 g/mol. The van der Waals surface area contributed by atoms with E-state index in [0.717, 1.165) is 12.1 Å². The Hall–Kier alpha value is 1.43. The zero-order valence-electron chi connectivity index (χ0n) is 7.94. The molecule has 0 saturated heterocycles. The van der Waals surface area contributed by atoms with Gasteiger partial charge in [-0.25, -0.2) is 0 Å². The summed E-state index contributed by atoms with van der Waals surface area (Å²) in [6, 6.07) is 5.14. The largest absolute Gasteiger partial charge is 1.00 e. The quantitative estimate of drug-likeness (QED) is 0.483. The number of aromatic carboxylic acids is 2. The maximum absolute atomic E-state index is 10.3. The normalized spacial score (nSPS) is 8.00. The van der Waals surface area contributed by atoms with Crippen molar-refractivity contribution < 1.29 is 123 Å². The van der Waals surface area contributed by atoms with Crippen molar-refractivity contribution in [1.82, 2.24) is 0 Å². The third-order valence-electron chi connectivity index (χ3n) is 1.37. The molecular formula is C8H4K2O4. The van der Waals surface area contributed by atoms with E-state index in [1.54, 1.807) is 0 Å². The molecule has 14 heavy (non-hydrogen) atoms. The molecule has 1 rings (SSSR count). The van der Waals surface area contributed by atoms with Gasteiger partial charge in [0.2, 0.25) is 0 Å². The van der Waals surface area contributed by atoms with Gasteiger partial charge in [-0.15, -0.1) is 0 Å². The Bertz CT molecular complexity index is 305. The van der Waals surface area contributed by atoms with E-state index in [4.69, 9.17) is 0 Å². The molecule has 0 amide bonds. The zero-order chi connectivity index (χ0) is 9.14. The number of hydrogen-bond acceptors (Lipinski definition) is 4. The molecule has 62 valence electrons. The maximum atomic E-state index is 10.3. The van der Waals surface area contributed by atoms with Crippen molar-refractivity contribution in [2.24, 2.45) is 0 Å². The average Bonchev–Trinajstić information content (AvgIpc) is 2.04. The first-order valence-electron chi connectivity index (χ1n) is 3.14. The first-order valence-corrected chi connectivity index (χ1v) is 3.14. The molecule has 0 N–H and O–H groups in total. The zero-order valence-corrected chi connectivity index (χ0v) is 14.2. The van der Waals surface area contributed by atoms with Crippen LogP contribution >= 0.6 is 0 Å². The number of hydrogen-bond donors (Lipinski definition) is 0. The number of rotatable bonds is 2. The second kappa shape index (κ2) is 8.57. The summed E-state index contributed by atoms with van der Waals surface area (Å²) >= 11 is 0. The van der Waals surface area contributed by atoms with E-state index in [-0.39, 0.29) is 114 Å². The summed E-state index contributed by atoms with van der Waals surface area (Å²) in [7, 11) is 0. The van der Waals surface area contributed by atoms with E-state index < -0.39 is 11.9 Å². The van der Waals surface area contributed by atoms with Crippen LogP contribution in [0.1, 0.15) is 20.7 Å². The van der Waals surface area contributed by atoms with E-state index >= 15 is 0 Å². The number of carboxylic acids is 2. The summed E-state index contributed by atoms with van der Waals surface area (Å²) in [4.78, 5) is 20.6. The molecule has 0 spiro atoms. The Kier molecular flexibility index (Phi) is 10.9. The minimum absolute atomic E-state index is 0. The van der Waals surface area contributed by atoms with Gasteiger partial charge in [0.1, 0.15) is 0 Å². The van der Waals surface area contributed by atoms with Crippen molar-refractivity contribution in [2.75, 3.05) is 0 Å². The molecule has 0 aliphatic rings. The third kappa shape index (κ3) is 4.97. The SMILES string of the molecule is O=C([O-])c1ccccc1C(=O)[O-].[K+].[K+]. The maximum Gasteiger partial charge on any atom is 1.00 e. The van der Waals surface area contributed by atoms with Gasteiger partial charge in [0.15, 0.2) is 0 Å². The number of carbonyl (C=O) groups excluding carboxylic acids is 2. The molecule has 0 atom stereocenters. The molecule has 1 aromatic carbocycles. The van der Waals surface area contributed by atoms with Gasteiger partial charge in [0, 0.05) is 11.1 Å². The third-order valence-corrected chi connectivity index (χ3v) is 1.37. The van der Waals surface area contributed by atoms with E-state index in [1.165, 1.54) is 12.1 Å². The van der Waals surface area contributed by atoms with Crippen molar-refractivity contribution in [3.63, 3.8) is 0 Å². The summed E-state index contributed by atoms with van der Waals surface area (Å²) < 4.78 is 0. The molecule has 1 aromatic rings. The van der Waals surface area contributed by atoms with Crippen molar-refractivity contribution in [3.05, 3.63) is 35.4 Å². The monoisotopic (exact) mass is 242 g/mol. The Labute approximate surface area is 166 Å². The van der Waals surface area contributed by atoms with E-state index in [2.05, 4.69) is 0 Å². The fourth-order valence-electron chi connectivity index (χ4n) is 0.839. The van der Waals surface area contributed by atoms with Gasteiger partial charge in [0.05, 0.1) is 11.9 Å². The second-order valence-corrected chi connectivity index (χ2v) is 2.12. The fraction of sp³-hybridized carbons (Fsp3) is 0. The minimum atomic E-state index is -1.52. The Balaban J connectivity index is 0. The van der Waals surface area contributed by atoms with Gasteiger partial charge in [-0.3, -0.25) is 0 Å².